The van der Waals surface area contributed by atoms with Crippen molar-refractivity contribution in [1.29, 1.82) is 0 Å². The Kier molecular flexibility index (Phi) is 6.09. The van der Waals surface area contributed by atoms with Crippen LogP contribution in [0.4, 0.5) is 5.69 Å². The average molecular weight is 356 g/mol. The molecule has 3 rings (SSSR count). The standard InChI is InChI=1S/C21H28N2O3/c1-14-6-4-9-19(10-14)25-13-17-7-5-8-18(11-17)22-21(24)12-20-15(2)23-26-16(20)3/h5,7-8,11,14,19H,4,6,9-10,12-13H2,1-3H3,(H,22,24)/t14-,19+/m0/s1. The minimum atomic E-state index is -0.0708. The molecule has 140 valence electrons. The number of anilines is 1. The van der Waals surface area contributed by atoms with Crippen molar-refractivity contribution < 1.29 is 14.1 Å². The first-order chi connectivity index (χ1) is 12.5. The fourth-order valence-electron chi connectivity index (χ4n) is 3.60. The number of rotatable bonds is 6. The molecular weight excluding hydrogens is 328 g/mol. The summed E-state index contributed by atoms with van der Waals surface area (Å²) in [6.45, 7) is 6.56. The third-order valence-corrected chi connectivity index (χ3v) is 5.10. The van der Waals surface area contributed by atoms with E-state index in [1.165, 1.54) is 12.8 Å². The van der Waals surface area contributed by atoms with E-state index in [1.807, 2.05) is 38.1 Å². The van der Waals surface area contributed by atoms with E-state index in [9.17, 15) is 4.79 Å². The number of amides is 1. The third-order valence-electron chi connectivity index (χ3n) is 5.10. The van der Waals surface area contributed by atoms with E-state index < -0.39 is 0 Å². The first-order valence-electron chi connectivity index (χ1n) is 9.43. The van der Waals surface area contributed by atoms with Gasteiger partial charge < -0.3 is 14.6 Å². The van der Waals surface area contributed by atoms with Gasteiger partial charge in [0, 0.05) is 11.3 Å². The second-order valence-electron chi connectivity index (χ2n) is 7.43. The number of nitrogens with one attached hydrogen (secondary N) is 1. The van der Waals surface area contributed by atoms with Crippen molar-refractivity contribution in [3.8, 4) is 0 Å². The smallest absolute Gasteiger partial charge is 0.228 e. The van der Waals surface area contributed by atoms with Crippen molar-refractivity contribution in [2.45, 2.75) is 65.6 Å². The van der Waals surface area contributed by atoms with Crippen molar-refractivity contribution >= 4 is 11.6 Å². The van der Waals surface area contributed by atoms with Crippen molar-refractivity contribution in [1.82, 2.24) is 5.16 Å². The van der Waals surface area contributed by atoms with Gasteiger partial charge in [0.2, 0.25) is 5.91 Å². The largest absolute Gasteiger partial charge is 0.374 e. The molecule has 1 aromatic carbocycles. The highest BCUT2D eigenvalue weighted by Crippen LogP contribution is 2.26. The molecule has 1 heterocycles. The van der Waals surface area contributed by atoms with Crippen molar-refractivity contribution in [2.24, 2.45) is 5.92 Å². The molecule has 1 aromatic heterocycles. The van der Waals surface area contributed by atoms with Crippen molar-refractivity contribution in [3.05, 3.63) is 46.8 Å². The number of carbonyl (C=O) groups excluding carboxylic acids is 1. The summed E-state index contributed by atoms with van der Waals surface area (Å²) in [5, 5.41) is 6.85. The summed E-state index contributed by atoms with van der Waals surface area (Å²) >= 11 is 0. The van der Waals surface area contributed by atoms with Gasteiger partial charge in [-0.25, -0.2) is 0 Å². The molecule has 1 fully saturated rings. The molecule has 1 aliphatic carbocycles. The summed E-state index contributed by atoms with van der Waals surface area (Å²) in [5.41, 5.74) is 3.49. The highest BCUT2D eigenvalue weighted by Gasteiger charge is 2.19. The van der Waals surface area contributed by atoms with E-state index in [4.69, 9.17) is 9.26 Å². The summed E-state index contributed by atoms with van der Waals surface area (Å²) in [4.78, 5) is 12.3. The fraction of sp³-hybridized carbons (Fsp3) is 0.524. The molecule has 2 atom stereocenters. The molecule has 0 saturated heterocycles. The Morgan fingerprint density at radius 2 is 2.19 bits per heavy atom. The molecule has 1 aliphatic rings. The molecule has 0 bridgehead atoms. The van der Waals surface area contributed by atoms with Gasteiger partial charge in [-0.15, -0.1) is 0 Å². The molecule has 1 amide bonds. The van der Waals surface area contributed by atoms with Gasteiger partial charge >= 0.3 is 0 Å². The van der Waals surface area contributed by atoms with E-state index in [0.717, 1.165) is 41.3 Å². The Balaban J connectivity index is 1.54. The topological polar surface area (TPSA) is 64.4 Å². The van der Waals surface area contributed by atoms with Crippen molar-refractivity contribution in [2.75, 3.05) is 5.32 Å². The number of carbonyl (C=O) groups is 1. The van der Waals surface area contributed by atoms with Gasteiger partial charge in [-0.1, -0.05) is 37.1 Å². The second kappa shape index (κ2) is 8.49. The number of aromatic nitrogens is 1. The lowest BCUT2D eigenvalue weighted by Gasteiger charge is -2.26. The first-order valence-corrected chi connectivity index (χ1v) is 9.43. The van der Waals surface area contributed by atoms with Crippen LogP contribution >= 0.6 is 0 Å². The normalized spacial score (nSPS) is 20.1. The summed E-state index contributed by atoms with van der Waals surface area (Å²) in [6.07, 6.45) is 5.49. The molecule has 0 radical (unpaired) electrons. The molecule has 5 nitrogen and oxygen atoms in total. The predicted octanol–water partition coefficient (Wildman–Crippen LogP) is 4.57. The van der Waals surface area contributed by atoms with Crippen LogP contribution in [-0.4, -0.2) is 17.2 Å². The van der Waals surface area contributed by atoms with Crippen LogP contribution in [0.1, 0.15) is 55.2 Å². The zero-order valence-corrected chi connectivity index (χ0v) is 15.9. The maximum absolute atomic E-state index is 12.3. The Bertz CT molecular complexity index is 734. The van der Waals surface area contributed by atoms with Crippen LogP contribution in [0, 0.1) is 19.8 Å². The van der Waals surface area contributed by atoms with E-state index in [2.05, 4.69) is 17.4 Å². The molecular formula is C21H28N2O3. The molecule has 1 saturated carbocycles. The highest BCUT2D eigenvalue weighted by molar-refractivity contribution is 5.92. The fourth-order valence-corrected chi connectivity index (χ4v) is 3.60. The number of hydrogen-bond donors (Lipinski definition) is 1. The number of nitrogens with zero attached hydrogens (tertiary/aromatic N) is 1. The van der Waals surface area contributed by atoms with Crippen LogP contribution in [-0.2, 0) is 22.6 Å². The van der Waals surface area contributed by atoms with Crippen LogP contribution in [0.25, 0.3) is 0 Å². The predicted molar refractivity (Wildman–Crippen MR) is 101 cm³/mol. The highest BCUT2D eigenvalue weighted by atomic mass is 16.5. The molecule has 2 aromatic rings. The quantitative estimate of drug-likeness (QED) is 0.823. The average Bonchev–Trinajstić information content (AvgIpc) is 2.92. The van der Waals surface area contributed by atoms with Crippen LogP contribution < -0.4 is 5.32 Å². The Morgan fingerprint density at radius 3 is 2.92 bits per heavy atom. The lowest BCUT2D eigenvalue weighted by Crippen LogP contribution is -2.21. The molecule has 0 spiro atoms. The van der Waals surface area contributed by atoms with Crippen molar-refractivity contribution in [3.63, 3.8) is 0 Å². The van der Waals surface area contributed by atoms with Crippen LogP contribution in [0.2, 0.25) is 0 Å². The van der Waals surface area contributed by atoms with Crippen LogP contribution in [0.15, 0.2) is 28.8 Å². The van der Waals surface area contributed by atoms with Gasteiger partial charge in [0.15, 0.2) is 0 Å². The number of hydrogen-bond acceptors (Lipinski definition) is 4. The maximum Gasteiger partial charge on any atom is 0.228 e. The Labute approximate surface area is 155 Å². The van der Waals surface area contributed by atoms with Gasteiger partial charge in [-0.2, -0.15) is 0 Å². The molecule has 26 heavy (non-hydrogen) atoms. The van der Waals surface area contributed by atoms with E-state index in [0.29, 0.717) is 18.5 Å². The number of ether oxygens (including phenoxy) is 1. The molecule has 0 aliphatic heterocycles. The van der Waals surface area contributed by atoms with Crippen LogP contribution in [0.5, 0.6) is 0 Å². The molecule has 5 heteroatoms. The first kappa shape index (κ1) is 18.6. The second-order valence-corrected chi connectivity index (χ2v) is 7.43. The number of benzene rings is 1. The molecule has 1 N–H and O–H groups in total. The maximum atomic E-state index is 12.3. The monoisotopic (exact) mass is 356 g/mol. The van der Waals surface area contributed by atoms with Crippen LogP contribution in [0.3, 0.4) is 0 Å². The lowest BCUT2D eigenvalue weighted by molar-refractivity contribution is -0.115. The SMILES string of the molecule is Cc1noc(C)c1CC(=O)Nc1cccc(CO[C@@H]2CCC[C@H](C)C2)c1. The summed E-state index contributed by atoms with van der Waals surface area (Å²) < 4.78 is 11.2. The zero-order valence-electron chi connectivity index (χ0n) is 15.9. The Hall–Kier alpha value is -2.14. The summed E-state index contributed by atoms with van der Waals surface area (Å²) in [7, 11) is 0. The van der Waals surface area contributed by atoms with Gasteiger partial charge in [-0.3, -0.25) is 4.79 Å². The van der Waals surface area contributed by atoms with Gasteiger partial charge in [0.05, 0.1) is 24.8 Å². The third kappa shape index (κ3) is 4.94. The van der Waals surface area contributed by atoms with E-state index >= 15 is 0 Å². The number of aryl methyl sites for hydroxylation is 2. The van der Waals surface area contributed by atoms with Gasteiger partial charge in [-0.05, 0) is 50.3 Å². The molecule has 0 unspecified atom stereocenters. The van der Waals surface area contributed by atoms with E-state index in [-0.39, 0.29) is 12.3 Å². The minimum Gasteiger partial charge on any atom is -0.374 e. The Morgan fingerprint density at radius 1 is 1.35 bits per heavy atom. The van der Waals surface area contributed by atoms with Gasteiger partial charge in [0.25, 0.3) is 0 Å². The minimum absolute atomic E-state index is 0.0708. The van der Waals surface area contributed by atoms with E-state index in [1.54, 1.807) is 0 Å². The zero-order chi connectivity index (χ0) is 18.5. The summed E-state index contributed by atoms with van der Waals surface area (Å²) in [5.74, 6) is 1.38. The summed E-state index contributed by atoms with van der Waals surface area (Å²) in [6, 6.07) is 7.87. The lowest BCUT2D eigenvalue weighted by atomic mass is 9.89. The van der Waals surface area contributed by atoms with Gasteiger partial charge in [0.1, 0.15) is 5.76 Å².